The second kappa shape index (κ2) is 8.91. The van der Waals surface area contributed by atoms with E-state index in [-0.39, 0.29) is 6.29 Å². The molecule has 1 heterocycles. The number of halogens is 1. The minimum Gasteiger partial charge on any atom is -0.353 e. The first-order valence-electron chi connectivity index (χ1n) is 5.73. The predicted octanol–water partition coefficient (Wildman–Crippen LogP) is 3.73. The topological polar surface area (TPSA) is 31.4 Å². The van der Waals surface area contributed by atoms with Gasteiger partial charge in [0.05, 0.1) is 5.03 Å². The van der Waals surface area contributed by atoms with Crippen molar-refractivity contribution in [3.8, 4) is 0 Å². The molecule has 0 bridgehead atoms. The van der Waals surface area contributed by atoms with Gasteiger partial charge < -0.3 is 9.47 Å². The molecule has 0 aliphatic heterocycles. The van der Waals surface area contributed by atoms with Crippen LogP contribution in [-0.2, 0) is 9.47 Å². The third-order valence-electron chi connectivity index (χ3n) is 2.01. The molecule has 0 amide bonds. The molecule has 96 valence electrons. The maximum Gasteiger partial charge on any atom is 0.158 e. The van der Waals surface area contributed by atoms with E-state index in [2.05, 4.69) is 20.9 Å². The lowest BCUT2D eigenvalue weighted by molar-refractivity contribution is -0.136. The first-order valence-corrected chi connectivity index (χ1v) is 7.51. The number of rotatable bonds is 8. The summed E-state index contributed by atoms with van der Waals surface area (Å²) in [6, 6.07) is 4.00. The molecule has 0 N–H and O–H groups in total. The molecule has 3 nitrogen and oxygen atoms in total. The van der Waals surface area contributed by atoms with Gasteiger partial charge in [-0.25, -0.2) is 4.98 Å². The minimum absolute atomic E-state index is 0.0899. The maximum atomic E-state index is 5.48. The smallest absolute Gasteiger partial charge is 0.158 e. The van der Waals surface area contributed by atoms with Gasteiger partial charge in [0.25, 0.3) is 0 Å². The molecule has 0 saturated carbocycles. The van der Waals surface area contributed by atoms with Gasteiger partial charge in [0.1, 0.15) is 0 Å². The van der Waals surface area contributed by atoms with Gasteiger partial charge in [-0.2, -0.15) is 0 Å². The van der Waals surface area contributed by atoms with E-state index in [0.717, 1.165) is 21.7 Å². The molecule has 0 aliphatic carbocycles. The van der Waals surface area contributed by atoms with Gasteiger partial charge in [-0.15, -0.1) is 11.8 Å². The first-order chi connectivity index (χ1) is 8.26. The normalized spacial score (nSPS) is 11.1. The van der Waals surface area contributed by atoms with E-state index >= 15 is 0 Å². The highest BCUT2D eigenvalue weighted by molar-refractivity contribution is 9.10. The van der Waals surface area contributed by atoms with Crippen molar-refractivity contribution in [2.24, 2.45) is 0 Å². The molecule has 1 rings (SSSR count). The van der Waals surface area contributed by atoms with E-state index in [9.17, 15) is 0 Å². The van der Waals surface area contributed by atoms with Gasteiger partial charge in [-0.05, 0) is 41.9 Å². The Balaban J connectivity index is 2.27. The fraction of sp³-hybridized carbons (Fsp3) is 0.583. The van der Waals surface area contributed by atoms with Crippen molar-refractivity contribution in [3.63, 3.8) is 0 Å². The zero-order chi connectivity index (χ0) is 12.5. The number of ether oxygens (including phenoxy) is 2. The van der Waals surface area contributed by atoms with Crippen LogP contribution in [0.5, 0.6) is 0 Å². The molecule has 0 aromatic carbocycles. The number of pyridine rings is 1. The van der Waals surface area contributed by atoms with Gasteiger partial charge in [0, 0.05) is 36.1 Å². The lowest BCUT2D eigenvalue weighted by Gasteiger charge is -2.16. The lowest BCUT2D eigenvalue weighted by Crippen LogP contribution is -2.18. The fourth-order valence-corrected chi connectivity index (χ4v) is 2.34. The Morgan fingerprint density at radius 3 is 2.53 bits per heavy atom. The zero-order valence-electron chi connectivity index (χ0n) is 10.2. The molecule has 5 heteroatoms. The summed E-state index contributed by atoms with van der Waals surface area (Å²) in [5.74, 6) is 0.944. The Hall–Kier alpha value is -0.100. The predicted molar refractivity (Wildman–Crippen MR) is 74.3 cm³/mol. The van der Waals surface area contributed by atoms with Gasteiger partial charge in [0.2, 0.25) is 0 Å². The van der Waals surface area contributed by atoms with Crippen LogP contribution in [0.2, 0.25) is 0 Å². The highest BCUT2D eigenvalue weighted by atomic mass is 79.9. The van der Waals surface area contributed by atoms with Gasteiger partial charge in [0.15, 0.2) is 6.29 Å². The second-order valence-electron chi connectivity index (χ2n) is 3.29. The van der Waals surface area contributed by atoms with Crippen molar-refractivity contribution >= 4 is 27.7 Å². The molecule has 0 saturated heterocycles. The largest absolute Gasteiger partial charge is 0.353 e. The summed E-state index contributed by atoms with van der Waals surface area (Å²) in [6.07, 6.45) is 2.60. The van der Waals surface area contributed by atoms with Crippen molar-refractivity contribution in [3.05, 3.63) is 22.8 Å². The van der Waals surface area contributed by atoms with Crippen LogP contribution in [0.15, 0.2) is 27.8 Å². The van der Waals surface area contributed by atoms with Crippen molar-refractivity contribution in [2.45, 2.75) is 31.6 Å². The molecule has 1 aromatic rings. The van der Waals surface area contributed by atoms with Crippen LogP contribution in [-0.4, -0.2) is 30.2 Å². The van der Waals surface area contributed by atoms with Crippen LogP contribution in [0.1, 0.15) is 20.3 Å². The van der Waals surface area contributed by atoms with E-state index in [1.807, 2.05) is 32.2 Å². The third kappa shape index (κ3) is 6.41. The molecule has 17 heavy (non-hydrogen) atoms. The van der Waals surface area contributed by atoms with E-state index in [4.69, 9.17) is 9.47 Å². The average molecular weight is 320 g/mol. The van der Waals surface area contributed by atoms with Crippen LogP contribution in [0.25, 0.3) is 0 Å². The Morgan fingerprint density at radius 1 is 1.29 bits per heavy atom. The van der Waals surface area contributed by atoms with Crippen molar-refractivity contribution in [1.82, 2.24) is 4.98 Å². The Morgan fingerprint density at radius 2 is 2.00 bits per heavy atom. The van der Waals surface area contributed by atoms with E-state index in [1.165, 1.54) is 0 Å². The van der Waals surface area contributed by atoms with Crippen LogP contribution in [0.4, 0.5) is 0 Å². The molecule has 0 unspecified atom stereocenters. The lowest BCUT2D eigenvalue weighted by atomic mass is 10.5. The van der Waals surface area contributed by atoms with Gasteiger partial charge in [-0.1, -0.05) is 0 Å². The Labute approximate surface area is 115 Å². The van der Waals surface area contributed by atoms with Crippen molar-refractivity contribution < 1.29 is 9.47 Å². The first kappa shape index (κ1) is 15.0. The highest BCUT2D eigenvalue weighted by Gasteiger charge is 2.07. The second-order valence-corrected chi connectivity index (χ2v) is 5.32. The molecule has 0 fully saturated rings. The average Bonchev–Trinajstić information content (AvgIpc) is 2.32. The summed E-state index contributed by atoms with van der Waals surface area (Å²) >= 11 is 5.08. The zero-order valence-corrected chi connectivity index (χ0v) is 12.6. The van der Waals surface area contributed by atoms with Crippen molar-refractivity contribution in [1.29, 1.82) is 0 Å². The monoisotopic (exact) mass is 319 g/mol. The standard InChI is InChI=1S/C12H18BrNO2S/c1-3-15-12(16-4-2)7-8-17-11-6-5-10(13)9-14-11/h5-6,9,12H,3-4,7-8H2,1-2H3. The highest BCUT2D eigenvalue weighted by Crippen LogP contribution is 2.19. The molecule has 0 atom stereocenters. The van der Waals surface area contributed by atoms with Crippen LogP contribution in [0, 0.1) is 0 Å². The molecule has 0 spiro atoms. The van der Waals surface area contributed by atoms with Crippen LogP contribution >= 0.6 is 27.7 Å². The Kier molecular flexibility index (Phi) is 7.84. The summed E-state index contributed by atoms with van der Waals surface area (Å²) in [5.41, 5.74) is 0. The summed E-state index contributed by atoms with van der Waals surface area (Å²) in [4.78, 5) is 4.30. The van der Waals surface area contributed by atoms with E-state index < -0.39 is 0 Å². The fourth-order valence-electron chi connectivity index (χ4n) is 1.29. The van der Waals surface area contributed by atoms with Gasteiger partial charge >= 0.3 is 0 Å². The van der Waals surface area contributed by atoms with E-state index in [1.54, 1.807) is 11.8 Å². The number of hydrogen-bond acceptors (Lipinski definition) is 4. The van der Waals surface area contributed by atoms with Crippen LogP contribution < -0.4 is 0 Å². The summed E-state index contributed by atoms with van der Waals surface area (Å²) < 4.78 is 12.0. The third-order valence-corrected chi connectivity index (χ3v) is 3.46. The van der Waals surface area contributed by atoms with Crippen molar-refractivity contribution in [2.75, 3.05) is 19.0 Å². The van der Waals surface area contributed by atoms with Gasteiger partial charge in [-0.3, -0.25) is 0 Å². The SMILES string of the molecule is CCOC(CCSc1ccc(Br)cn1)OCC. The summed E-state index contributed by atoms with van der Waals surface area (Å²) in [5, 5.41) is 1.03. The van der Waals surface area contributed by atoms with E-state index in [0.29, 0.717) is 13.2 Å². The molecular weight excluding hydrogens is 302 g/mol. The minimum atomic E-state index is -0.0899. The summed E-state index contributed by atoms with van der Waals surface area (Å²) in [6.45, 7) is 5.34. The maximum absolute atomic E-state index is 5.48. The summed E-state index contributed by atoms with van der Waals surface area (Å²) in [7, 11) is 0. The quantitative estimate of drug-likeness (QED) is 0.539. The molecule has 1 aromatic heterocycles. The molecular formula is C12H18BrNO2S. The number of aromatic nitrogens is 1. The number of thioether (sulfide) groups is 1. The molecule has 0 radical (unpaired) electrons. The number of nitrogens with zero attached hydrogens (tertiary/aromatic N) is 1. The number of hydrogen-bond donors (Lipinski definition) is 0. The Bertz CT molecular complexity index is 302. The molecule has 0 aliphatic rings. The van der Waals surface area contributed by atoms with Crippen LogP contribution in [0.3, 0.4) is 0 Å².